The van der Waals surface area contributed by atoms with Crippen LogP contribution >= 0.6 is 15.9 Å². The molecular weight excluding hydrogens is 340 g/mol. The summed E-state index contributed by atoms with van der Waals surface area (Å²) in [4.78, 5) is 11.8. The third-order valence-corrected chi connectivity index (χ3v) is 6.70. The number of rotatable bonds is 3. The van der Waals surface area contributed by atoms with Crippen LogP contribution in [0.15, 0.2) is 27.6 Å². The molecule has 0 bridgehead atoms. The zero-order valence-electron chi connectivity index (χ0n) is 11.6. The van der Waals surface area contributed by atoms with E-state index < -0.39 is 16.8 Å². The van der Waals surface area contributed by atoms with Crippen LogP contribution in [0.3, 0.4) is 0 Å². The number of carboxylic acid groups (broad SMARTS) is 1. The van der Waals surface area contributed by atoms with Crippen LogP contribution in [0.5, 0.6) is 0 Å². The van der Waals surface area contributed by atoms with Gasteiger partial charge in [0.25, 0.3) is 0 Å². The average Bonchev–Trinajstić information content (AvgIpc) is 2.41. The standard InChI is InChI=1S/C15H19BrO3S/c1-9-3-4-11(7-10(9)2)20(19)12-5-6-14(16)13(8-12)15(17)18/h5-6,8-11H,3-4,7H2,1-2H3,(H,17,18). The predicted octanol–water partition coefficient (Wildman–Crippen LogP) is 4.08. The van der Waals surface area contributed by atoms with Crippen molar-refractivity contribution in [3.63, 3.8) is 0 Å². The highest BCUT2D eigenvalue weighted by Crippen LogP contribution is 2.34. The van der Waals surface area contributed by atoms with Gasteiger partial charge in [0.05, 0.1) is 16.4 Å². The Bertz CT molecular complexity index is 544. The highest BCUT2D eigenvalue weighted by molar-refractivity contribution is 9.10. The molecule has 0 amide bonds. The monoisotopic (exact) mass is 358 g/mol. The van der Waals surface area contributed by atoms with Crippen LogP contribution in [0.2, 0.25) is 0 Å². The van der Waals surface area contributed by atoms with Gasteiger partial charge in [0.15, 0.2) is 0 Å². The van der Waals surface area contributed by atoms with Crippen LogP contribution in [0.1, 0.15) is 43.5 Å². The summed E-state index contributed by atoms with van der Waals surface area (Å²) in [6, 6.07) is 4.96. The summed E-state index contributed by atoms with van der Waals surface area (Å²) in [7, 11) is -1.12. The third kappa shape index (κ3) is 3.31. The van der Waals surface area contributed by atoms with E-state index in [-0.39, 0.29) is 10.8 Å². The summed E-state index contributed by atoms with van der Waals surface area (Å²) in [5, 5.41) is 9.27. The number of aromatic carboxylic acids is 1. The van der Waals surface area contributed by atoms with E-state index in [0.29, 0.717) is 21.2 Å². The number of hydrogen-bond acceptors (Lipinski definition) is 2. The fourth-order valence-electron chi connectivity index (χ4n) is 2.68. The van der Waals surface area contributed by atoms with Gasteiger partial charge in [-0.2, -0.15) is 0 Å². The summed E-state index contributed by atoms with van der Waals surface area (Å²) in [5.41, 5.74) is 0.174. The molecule has 1 aliphatic rings. The van der Waals surface area contributed by atoms with Crippen molar-refractivity contribution in [2.24, 2.45) is 11.8 Å². The molecular formula is C15H19BrO3S. The molecule has 1 N–H and O–H groups in total. The molecule has 1 aromatic carbocycles. The molecule has 1 aliphatic carbocycles. The molecule has 0 saturated heterocycles. The van der Waals surface area contributed by atoms with Crippen molar-refractivity contribution < 1.29 is 14.1 Å². The normalized spacial score (nSPS) is 28.1. The van der Waals surface area contributed by atoms with Crippen LogP contribution in [0, 0.1) is 11.8 Å². The van der Waals surface area contributed by atoms with Gasteiger partial charge in [0.1, 0.15) is 0 Å². The molecule has 20 heavy (non-hydrogen) atoms. The van der Waals surface area contributed by atoms with Gasteiger partial charge in [-0.05, 0) is 65.2 Å². The van der Waals surface area contributed by atoms with Gasteiger partial charge in [-0.25, -0.2) is 4.79 Å². The maximum Gasteiger partial charge on any atom is 0.336 e. The first-order valence-electron chi connectivity index (χ1n) is 6.83. The van der Waals surface area contributed by atoms with E-state index in [1.165, 1.54) is 6.07 Å². The first-order chi connectivity index (χ1) is 9.40. The van der Waals surface area contributed by atoms with E-state index in [0.717, 1.165) is 19.3 Å². The lowest BCUT2D eigenvalue weighted by Crippen LogP contribution is -2.28. The lowest BCUT2D eigenvalue weighted by Gasteiger charge is -2.31. The summed E-state index contributed by atoms with van der Waals surface area (Å²) in [5.74, 6) is 0.260. The van der Waals surface area contributed by atoms with Crippen LogP contribution in [-0.4, -0.2) is 20.5 Å². The summed E-state index contributed by atoms with van der Waals surface area (Å²) >= 11 is 3.21. The molecule has 0 aliphatic heterocycles. The van der Waals surface area contributed by atoms with Gasteiger partial charge >= 0.3 is 5.97 Å². The van der Waals surface area contributed by atoms with Gasteiger partial charge in [0, 0.05) is 14.6 Å². The Morgan fingerprint density at radius 1 is 1.30 bits per heavy atom. The van der Waals surface area contributed by atoms with Crippen molar-refractivity contribution in [1.29, 1.82) is 0 Å². The molecule has 0 heterocycles. The highest BCUT2D eigenvalue weighted by atomic mass is 79.9. The second-order valence-corrected chi connectivity index (χ2v) is 8.22. The average molecular weight is 359 g/mol. The molecule has 2 rings (SSSR count). The minimum Gasteiger partial charge on any atom is -0.478 e. The van der Waals surface area contributed by atoms with Crippen LogP contribution in [0.4, 0.5) is 0 Å². The van der Waals surface area contributed by atoms with Crippen LogP contribution < -0.4 is 0 Å². The van der Waals surface area contributed by atoms with Crippen molar-refractivity contribution in [1.82, 2.24) is 0 Å². The molecule has 110 valence electrons. The molecule has 0 radical (unpaired) electrons. The Morgan fingerprint density at radius 2 is 2.00 bits per heavy atom. The summed E-state index contributed by atoms with van der Waals surface area (Å²) in [6.07, 6.45) is 3.00. The van der Waals surface area contributed by atoms with Crippen molar-refractivity contribution in [2.75, 3.05) is 0 Å². The SMILES string of the molecule is CC1CCC(S(=O)c2ccc(Br)c(C(=O)O)c2)CC1C. The van der Waals surface area contributed by atoms with Crippen molar-refractivity contribution in [2.45, 2.75) is 43.3 Å². The maximum atomic E-state index is 12.6. The van der Waals surface area contributed by atoms with Crippen molar-refractivity contribution in [3.05, 3.63) is 28.2 Å². The van der Waals surface area contributed by atoms with Crippen molar-refractivity contribution >= 4 is 32.7 Å². The van der Waals surface area contributed by atoms with E-state index in [4.69, 9.17) is 5.11 Å². The van der Waals surface area contributed by atoms with Gasteiger partial charge in [-0.3, -0.25) is 4.21 Å². The first-order valence-corrected chi connectivity index (χ1v) is 8.84. The van der Waals surface area contributed by atoms with Crippen molar-refractivity contribution in [3.8, 4) is 0 Å². The van der Waals surface area contributed by atoms with Gasteiger partial charge < -0.3 is 5.11 Å². The van der Waals surface area contributed by atoms with Gasteiger partial charge in [0.2, 0.25) is 0 Å². The number of halogens is 1. The Hall–Kier alpha value is -0.680. The zero-order valence-corrected chi connectivity index (χ0v) is 14.0. The van der Waals surface area contributed by atoms with Gasteiger partial charge in [-0.1, -0.05) is 13.8 Å². The smallest absolute Gasteiger partial charge is 0.336 e. The highest BCUT2D eigenvalue weighted by Gasteiger charge is 2.29. The fourth-order valence-corrected chi connectivity index (χ4v) is 4.74. The Kier molecular flexibility index (Phi) is 5.02. The predicted molar refractivity (Wildman–Crippen MR) is 83.5 cm³/mol. The Balaban J connectivity index is 2.21. The van der Waals surface area contributed by atoms with Crippen LogP contribution in [-0.2, 0) is 10.8 Å². The molecule has 0 aromatic heterocycles. The number of benzene rings is 1. The van der Waals surface area contributed by atoms with E-state index in [1.807, 2.05) is 0 Å². The van der Waals surface area contributed by atoms with Crippen LogP contribution in [0.25, 0.3) is 0 Å². The zero-order chi connectivity index (χ0) is 14.9. The lowest BCUT2D eigenvalue weighted by molar-refractivity contribution is 0.0695. The minimum atomic E-state index is -1.12. The third-order valence-electron chi connectivity index (χ3n) is 4.25. The lowest BCUT2D eigenvalue weighted by atomic mass is 9.81. The summed E-state index contributed by atoms with van der Waals surface area (Å²) < 4.78 is 13.2. The molecule has 5 heteroatoms. The second kappa shape index (κ2) is 6.39. The van der Waals surface area contributed by atoms with E-state index in [1.54, 1.807) is 12.1 Å². The molecule has 3 nitrogen and oxygen atoms in total. The molecule has 1 fully saturated rings. The molecule has 4 atom stereocenters. The molecule has 1 saturated carbocycles. The largest absolute Gasteiger partial charge is 0.478 e. The Morgan fingerprint density at radius 3 is 2.60 bits per heavy atom. The Labute approximate surface area is 130 Å². The minimum absolute atomic E-state index is 0.143. The second-order valence-electron chi connectivity index (χ2n) is 5.63. The fraction of sp³-hybridized carbons (Fsp3) is 0.533. The molecule has 1 aromatic rings. The van der Waals surface area contributed by atoms with E-state index in [9.17, 15) is 9.00 Å². The quantitative estimate of drug-likeness (QED) is 0.885. The van der Waals surface area contributed by atoms with Gasteiger partial charge in [-0.15, -0.1) is 0 Å². The summed E-state index contributed by atoms with van der Waals surface area (Å²) in [6.45, 7) is 4.45. The number of hydrogen-bond donors (Lipinski definition) is 1. The van der Waals surface area contributed by atoms with E-state index in [2.05, 4.69) is 29.8 Å². The topological polar surface area (TPSA) is 54.4 Å². The molecule has 0 spiro atoms. The number of carbonyl (C=O) groups is 1. The first kappa shape index (κ1) is 15.7. The maximum absolute atomic E-state index is 12.6. The number of carboxylic acids is 1. The molecule has 4 unspecified atom stereocenters. The van der Waals surface area contributed by atoms with E-state index >= 15 is 0 Å².